The van der Waals surface area contributed by atoms with Gasteiger partial charge in [0.05, 0.1) is 10.7 Å². The lowest BCUT2D eigenvalue weighted by Gasteiger charge is -2.20. The van der Waals surface area contributed by atoms with Crippen molar-refractivity contribution in [2.45, 2.75) is 6.54 Å². The Hall–Kier alpha value is -1.46. The molecule has 0 saturated carbocycles. The predicted molar refractivity (Wildman–Crippen MR) is 83.9 cm³/mol. The Kier molecular flexibility index (Phi) is 4.22. The number of rotatable bonds is 3. The van der Waals surface area contributed by atoms with E-state index in [-0.39, 0.29) is 5.82 Å². The zero-order valence-electron chi connectivity index (χ0n) is 11.0. The van der Waals surface area contributed by atoms with Crippen LogP contribution in [0.4, 0.5) is 10.1 Å². The van der Waals surface area contributed by atoms with E-state index in [4.69, 9.17) is 21.1 Å². The smallest absolute Gasteiger partial charge is 0.163 e. The summed E-state index contributed by atoms with van der Waals surface area (Å²) in [6, 6.07) is 8.29. The molecule has 21 heavy (non-hydrogen) atoms. The van der Waals surface area contributed by atoms with E-state index in [1.807, 2.05) is 0 Å². The van der Waals surface area contributed by atoms with Gasteiger partial charge in [0.1, 0.15) is 19.0 Å². The summed E-state index contributed by atoms with van der Waals surface area (Å²) in [6.07, 6.45) is 0. The van der Waals surface area contributed by atoms with E-state index in [0.717, 1.165) is 4.47 Å². The molecule has 2 aromatic rings. The topological polar surface area (TPSA) is 30.5 Å². The number of anilines is 1. The number of hydrogen-bond donors (Lipinski definition) is 1. The molecule has 0 unspecified atom stereocenters. The molecule has 110 valence electrons. The monoisotopic (exact) mass is 371 g/mol. The molecule has 0 atom stereocenters. The largest absolute Gasteiger partial charge is 0.486 e. The van der Waals surface area contributed by atoms with Crippen LogP contribution in [0.1, 0.15) is 5.56 Å². The highest BCUT2D eigenvalue weighted by Crippen LogP contribution is 2.38. The molecule has 1 aliphatic heterocycles. The third-order valence-corrected chi connectivity index (χ3v) is 3.91. The highest BCUT2D eigenvalue weighted by atomic mass is 79.9. The van der Waals surface area contributed by atoms with Crippen molar-refractivity contribution >= 4 is 33.2 Å². The predicted octanol–water partition coefficient (Wildman–Crippen LogP) is 4.62. The standard InChI is InChI=1S/C15H12BrClFNO2/c16-10-1-2-12(18)9(5-10)8-19-13-7-15-14(6-11(13)17)20-3-4-21-15/h1-2,5-7,19H,3-4,8H2. The van der Waals surface area contributed by atoms with E-state index in [1.54, 1.807) is 24.3 Å². The minimum absolute atomic E-state index is 0.264. The summed E-state index contributed by atoms with van der Waals surface area (Å²) in [7, 11) is 0. The molecule has 2 aromatic carbocycles. The van der Waals surface area contributed by atoms with Crippen LogP contribution in [0.2, 0.25) is 5.02 Å². The summed E-state index contributed by atoms with van der Waals surface area (Å²) in [6.45, 7) is 1.35. The Bertz CT molecular complexity index is 681. The molecule has 0 spiro atoms. The van der Waals surface area contributed by atoms with E-state index in [1.165, 1.54) is 6.07 Å². The third kappa shape index (κ3) is 3.24. The second-order valence-electron chi connectivity index (χ2n) is 4.56. The van der Waals surface area contributed by atoms with Crippen molar-refractivity contribution in [3.63, 3.8) is 0 Å². The van der Waals surface area contributed by atoms with Gasteiger partial charge < -0.3 is 14.8 Å². The fourth-order valence-corrected chi connectivity index (χ4v) is 2.70. The summed E-state index contributed by atoms with van der Waals surface area (Å²) >= 11 is 9.53. The molecule has 0 saturated heterocycles. The van der Waals surface area contributed by atoms with Gasteiger partial charge in [-0.3, -0.25) is 0 Å². The van der Waals surface area contributed by atoms with Crippen LogP contribution in [0.15, 0.2) is 34.8 Å². The Morgan fingerprint density at radius 1 is 1.14 bits per heavy atom. The van der Waals surface area contributed by atoms with Crippen molar-refractivity contribution < 1.29 is 13.9 Å². The molecule has 0 amide bonds. The Labute approximate surface area is 135 Å². The number of ether oxygens (including phenoxy) is 2. The SMILES string of the molecule is Fc1ccc(Br)cc1CNc1cc2c(cc1Cl)OCCO2. The first-order chi connectivity index (χ1) is 10.1. The van der Waals surface area contributed by atoms with E-state index in [0.29, 0.717) is 47.5 Å². The fourth-order valence-electron chi connectivity index (χ4n) is 2.07. The molecule has 0 fully saturated rings. The second-order valence-corrected chi connectivity index (χ2v) is 5.89. The van der Waals surface area contributed by atoms with Crippen molar-refractivity contribution in [2.75, 3.05) is 18.5 Å². The minimum atomic E-state index is -0.264. The lowest BCUT2D eigenvalue weighted by Crippen LogP contribution is -2.15. The molecule has 6 heteroatoms. The van der Waals surface area contributed by atoms with Crippen LogP contribution in [-0.4, -0.2) is 13.2 Å². The van der Waals surface area contributed by atoms with Gasteiger partial charge in [0.2, 0.25) is 0 Å². The summed E-state index contributed by atoms with van der Waals surface area (Å²) in [5, 5.41) is 3.63. The molecular formula is C15H12BrClFNO2. The maximum Gasteiger partial charge on any atom is 0.163 e. The maximum absolute atomic E-state index is 13.7. The third-order valence-electron chi connectivity index (χ3n) is 3.11. The highest BCUT2D eigenvalue weighted by Gasteiger charge is 2.15. The maximum atomic E-state index is 13.7. The van der Waals surface area contributed by atoms with E-state index >= 15 is 0 Å². The van der Waals surface area contributed by atoms with Crippen molar-refractivity contribution in [1.29, 1.82) is 0 Å². The van der Waals surface area contributed by atoms with Gasteiger partial charge >= 0.3 is 0 Å². The fraction of sp³-hybridized carbons (Fsp3) is 0.200. The molecular weight excluding hydrogens is 361 g/mol. The molecule has 1 N–H and O–H groups in total. The zero-order chi connectivity index (χ0) is 14.8. The van der Waals surface area contributed by atoms with E-state index in [2.05, 4.69) is 21.2 Å². The quantitative estimate of drug-likeness (QED) is 0.852. The first-order valence-corrected chi connectivity index (χ1v) is 7.57. The molecule has 0 radical (unpaired) electrons. The van der Waals surface area contributed by atoms with Crippen LogP contribution in [0.5, 0.6) is 11.5 Å². The van der Waals surface area contributed by atoms with Gasteiger partial charge in [-0.15, -0.1) is 0 Å². The Balaban J connectivity index is 1.80. The number of hydrogen-bond acceptors (Lipinski definition) is 3. The van der Waals surface area contributed by atoms with Crippen LogP contribution >= 0.6 is 27.5 Å². The normalized spacial score (nSPS) is 13.1. The summed E-state index contributed by atoms with van der Waals surface area (Å²) < 4.78 is 25.5. The van der Waals surface area contributed by atoms with Crippen molar-refractivity contribution in [1.82, 2.24) is 0 Å². The van der Waals surface area contributed by atoms with Gasteiger partial charge in [-0.1, -0.05) is 27.5 Å². The summed E-state index contributed by atoms with van der Waals surface area (Å²) in [5.41, 5.74) is 1.23. The van der Waals surface area contributed by atoms with Crippen LogP contribution in [0.25, 0.3) is 0 Å². The van der Waals surface area contributed by atoms with Crippen LogP contribution in [-0.2, 0) is 6.54 Å². The van der Waals surface area contributed by atoms with Crippen molar-refractivity contribution in [3.8, 4) is 11.5 Å². The highest BCUT2D eigenvalue weighted by molar-refractivity contribution is 9.10. The van der Waals surface area contributed by atoms with Gasteiger partial charge in [0.15, 0.2) is 11.5 Å². The first kappa shape index (κ1) is 14.5. The van der Waals surface area contributed by atoms with Gasteiger partial charge in [0.25, 0.3) is 0 Å². The number of fused-ring (bicyclic) bond motifs is 1. The molecule has 1 heterocycles. The summed E-state index contributed by atoms with van der Waals surface area (Å²) in [5.74, 6) is 1.01. The number of nitrogens with one attached hydrogen (secondary N) is 1. The molecule has 3 rings (SSSR count). The number of halogens is 3. The molecule has 1 aliphatic rings. The van der Waals surface area contributed by atoms with Gasteiger partial charge in [0, 0.05) is 28.7 Å². The average Bonchev–Trinajstić information content (AvgIpc) is 2.48. The Morgan fingerprint density at radius 2 is 1.86 bits per heavy atom. The van der Waals surface area contributed by atoms with Crippen molar-refractivity contribution in [3.05, 3.63) is 51.2 Å². The molecule has 0 aromatic heterocycles. The lowest BCUT2D eigenvalue weighted by molar-refractivity contribution is 0.171. The first-order valence-electron chi connectivity index (χ1n) is 6.40. The summed E-state index contributed by atoms with van der Waals surface area (Å²) in [4.78, 5) is 0. The van der Waals surface area contributed by atoms with Crippen LogP contribution in [0.3, 0.4) is 0 Å². The van der Waals surface area contributed by atoms with Gasteiger partial charge in [-0.2, -0.15) is 0 Å². The number of benzene rings is 2. The van der Waals surface area contributed by atoms with E-state index in [9.17, 15) is 4.39 Å². The van der Waals surface area contributed by atoms with Crippen LogP contribution in [0, 0.1) is 5.82 Å². The van der Waals surface area contributed by atoms with Gasteiger partial charge in [-0.25, -0.2) is 4.39 Å². The Morgan fingerprint density at radius 3 is 2.62 bits per heavy atom. The molecule has 3 nitrogen and oxygen atoms in total. The molecule has 0 aliphatic carbocycles. The zero-order valence-corrected chi connectivity index (χ0v) is 13.3. The van der Waals surface area contributed by atoms with E-state index < -0.39 is 0 Å². The lowest BCUT2D eigenvalue weighted by atomic mass is 10.2. The molecule has 0 bridgehead atoms. The average molecular weight is 373 g/mol. The second kappa shape index (κ2) is 6.12. The van der Waals surface area contributed by atoms with Gasteiger partial charge in [-0.05, 0) is 18.2 Å². The van der Waals surface area contributed by atoms with Crippen LogP contribution < -0.4 is 14.8 Å². The van der Waals surface area contributed by atoms with Crippen molar-refractivity contribution in [2.24, 2.45) is 0 Å². The minimum Gasteiger partial charge on any atom is -0.486 e.